The van der Waals surface area contributed by atoms with Crippen LogP contribution in [0.3, 0.4) is 0 Å². The number of hydrazone groups is 1. The lowest BCUT2D eigenvalue weighted by Gasteiger charge is -2.13. The summed E-state index contributed by atoms with van der Waals surface area (Å²) in [5.74, 6) is 1.50. The number of hydrogen-bond acceptors (Lipinski definition) is 5. The quantitative estimate of drug-likeness (QED) is 0.617. The van der Waals surface area contributed by atoms with Crippen molar-refractivity contribution in [1.29, 1.82) is 0 Å². The molecule has 0 aromatic heterocycles. The molecule has 0 unspecified atom stereocenters. The molecule has 7 nitrogen and oxygen atoms in total. The van der Waals surface area contributed by atoms with Gasteiger partial charge in [0.15, 0.2) is 11.5 Å². The summed E-state index contributed by atoms with van der Waals surface area (Å²) in [7, 11) is 4.57. The predicted octanol–water partition coefficient (Wildman–Crippen LogP) is 1.10. The summed E-state index contributed by atoms with van der Waals surface area (Å²) < 4.78 is 15.7. The van der Waals surface area contributed by atoms with Crippen LogP contribution in [0.4, 0.5) is 4.79 Å². The monoisotopic (exact) mass is 267 g/mol. The van der Waals surface area contributed by atoms with Gasteiger partial charge in [0.1, 0.15) is 0 Å². The molecule has 0 saturated heterocycles. The molecule has 0 aliphatic carbocycles. The van der Waals surface area contributed by atoms with Gasteiger partial charge >= 0.3 is 6.03 Å². The Balaban J connectivity index is 3.22. The lowest BCUT2D eigenvalue weighted by molar-refractivity contribution is 0.249. The van der Waals surface area contributed by atoms with E-state index in [1.54, 1.807) is 19.1 Å². The van der Waals surface area contributed by atoms with Crippen molar-refractivity contribution < 1.29 is 19.0 Å². The first-order valence-corrected chi connectivity index (χ1v) is 5.43. The molecule has 7 heteroatoms. The Labute approximate surface area is 111 Å². The molecule has 0 saturated carbocycles. The van der Waals surface area contributed by atoms with E-state index in [1.165, 1.54) is 21.3 Å². The van der Waals surface area contributed by atoms with Crippen molar-refractivity contribution in [2.24, 2.45) is 10.8 Å². The summed E-state index contributed by atoms with van der Waals surface area (Å²) in [6, 6.07) is 2.72. The molecule has 0 atom stereocenters. The first-order chi connectivity index (χ1) is 9.03. The number of urea groups is 1. The Kier molecular flexibility index (Phi) is 4.99. The number of amides is 2. The first-order valence-electron chi connectivity index (χ1n) is 5.43. The molecule has 0 radical (unpaired) electrons. The summed E-state index contributed by atoms with van der Waals surface area (Å²) >= 11 is 0. The van der Waals surface area contributed by atoms with Crippen LogP contribution in [-0.2, 0) is 0 Å². The van der Waals surface area contributed by atoms with Gasteiger partial charge < -0.3 is 19.9 Å². The van der Waals surface area contributed by atoms with Gasteiger partial charge in [0.2, 0.25) is 5.75 Å². The highest BCUT2D eigenvalue weighted by Crippen LogP contribution is 2.38. The number of nitrogens with two attached hydrogens (primary N) is 1. The molecule has 2 amide bonds. The second kappa shape index (κ2) is 6.48. The molecule has 0 spiro atoms. The van der Waals surface area contributed by atoms with Crippen LogP contribution in [0.5, 0.6) is 17.2 Å². The Morgan fingerprint density at radius 1 is 1.16 bits per heavy atom. The van der Waals surface area contributed by atoms with Crippen LogP contribution < -0.4 is 25.4 Å². The second-order valence-electron chi connectivity index (χ2n) is 3.59. The van der Waals surface area contributed by atoms with Gasteiger partial charge in [-0.25, -0.2) is 10.2 Å². The fourth-order valence-electron chi connectivity index (χ4n) is 1.49. The lowest BCUT2D eigenvalue weighted by Crippen LogP contribution is -2.25. The van der Waals surface area contributed by atoms with Gasteiger partial charge in [-0.2, -0.15) is 5.10 Å². The molecule has 19 heavy (non-hydrogen) atoms. The standard InChI is InChI=1S/C12H17N3O4/c1-7(14-15-12(13)16)8-5-9(17-2)11(19-4)10(6-8)18-3/h5-6H,1-4H3,(H3,13,15,16)/b14-7+. The van der Waals surface area contributed by atoms with Crippen molar-refractivity contribution >= 4 is 11.7 Å². The zero-order chi connectivity index (χ0) is 14.4. The number of hydrogen-bond donors (Lipinski definition) is 2. The van der Waals surface area contributed by atoms with Gasteiger partial charge in [0.05, 0.1) is 27.0 Å². The third kappa shape index (κ3) is 3.51. The Morgan fingerprint density at radius 2 is 1.68 bits per heavy atom. The van der Waals surface area contributed by atoms with Gasteiger partial charge in [0, 0.05) is 5.56 Å². The van der Waals surface area contributed by atoms with E-state index in [2.05, 4.69) is 10.5 Å². The number of carbonyl (C=O) groups excluding carboxylic acids is 1. The fraction of sp³-hybridized carbons (Fsp3) is 0.333. The van der Waals surface area contributed by atoms with Crippen LogP contribution in [0.1, 0.15) is 12.5 Å². The van der Waals surface area contributed by atoms with Crippen molar-refractivity contribution in [3.8, 4) is 17.2 Å². The highest BCUT2D eigenvalue weighted by molar-refractivity contribution is 6.00. The fourth-order valence-corrected chi connectivity index (χ4v) is 1.49. The molecule has 104 valence electrons. The maximum absolute atomic E-state index is 10.6. The largest absolute Gasteiger partial charge is 0.493 e. The van der Waals surface area contributed by atoms with Crippen molar-refractivity contribution in [2.45, 2.75) is 6.92 Å². The van der Waals surface area contributed by atoms with Crippen LogP contribution in [0.2, 0.25) is 0 Å². The van der Waals surface area contributed by atoms with Crippen molar-refractivity contribution in [3.63, 3.8) is 0 Å². The van der Waals surface area contributed by atoms with Gasteiger partial charge in [-0.3, -0.25) is 0 Å². The average Bonchev–Trinajstić information content (AvgIpc) is 2.42. The molecule has 0 aliphatic heterocycles. The lowest BCUT2D eigenvalue weighted by atomic mass is 10.1. The van der Waals surface area contributed by atoms with Crippen LogP contribution in [-0.4, -0.2) is 33.1 Å². The van der Waals surface area contributed by atoms with Gasteiger partial charge in [-0.1, -0.05) is 0 Å². The summed E-state index contributed by atoms with van der Waals surface area (Å²) in [4.78, 5) is 10.6. The predicted molar refractivity (Wildman–Crippen MR) is 71.0 cm³/mol. The third-order valence-electron chi connectivity index (χ3n) is 2.42. The average molecular weight is 267 g/mol. The van der Waals surface area contributed by atoms with Crippen LogP contribution in [0, 0.1) is 0 Å². The number of nitrogens with zero attached hydrogens (tertiary/aromatic N) is 1. The Bertz CT molecular complexity index is 475. The van der Waals surface area contributed by atoms with E-state index in [-0.39, 0.29) is 0 Å². The molecule has 0 heterocycles. The highest BCUT2D eigenvalue weighted by atomic mass is 16.5. The van der Waals surface area contributed by atoms with Crippen molar-refractivity contribution in [3.05, 3.63) is 17.7 Å². The third-order valence-corrected chi connectivity index (χ3v) is 2.42. The van der Waals surface area contributed by atoms with Gasteiger partial charge in [-0.05, 0) is 19.1 Å². The Hall–Kier alpha value is -2.44. The summed E-state index contributed by atoms with van der Waals surface area (Å²) in [5, 5.41) is 3.84. The zero-order valence-corrected chi connectivity index (χ0v) is 11.3. The van der Waals surface area contributed by atoms with E-state index in [0.29, 0.717) is 28.5 Å². The molecule has 1 aromatic rings. The zero-order valence-electron chi connectivity index (χ0n) is 11.3. The normalized spacial score (nSPS) is 10.8. The summed E-state index contributed by atoms with van der Waals surface area (Å²) in [6.07, 6.45) is 0. The maximum Gasteiger partial charge on any atom is 0.332 e. The molecule has 1 aromatic carbocycles. The van der Waals surface area contributed by atoms with Crippen LogP contribution >= 0.6 is 0 Å². The van der Waals surface area contributed by atoms with E-state index in [9.17, 15) is 4.79 Å². The molecule has 0 aliphatic rings. The molecule has 3 N–H and O–H groups in total. The first kappa shape index (κ1) is 14.6. The smallest absolute Gasteiger partial charge is 0.332 e. The van der Waals surface area contributed by atoms with E-state index in [4.69, 9.17) is 19.9 Å². The second-order valence-corrected chi connectivity index (χ2v) is 3.59. The number of rotatable bonds is 5. The Morgan fingerprint density at radius 3 is 2.05 bits per heavy atom. The molecule has 1 rings (SSSR count). The number of methoxy groups -OCH3 is 3. The topological polar surface area (TPSA) is 95.2 Å². The number of carbonyl (C=O) groups is 1. The minimum Gasteiger partial charge on any atom is -0.493 e. The molecule has 0 fully saturated rings. The molecular formula is C12H17N3O4. The van der Waals surface area contributed by atoms with Crippen molar-refractivity contribution in [2.75, 3.05) is 21.3 Å². The van der Waals surface area contributed by atoms with E-state index in [0.717, 1.165) is 0 Å². The SMILES string of the molecule is COc1cc(/C(C)=N/NC(N)=O)cc(OC)c1OC. The number of nitrogens with one attached hydrogen (secondary N) is 1. The van der Waals surface area contributed by atoms with Crippen LogP contribution in [0.25, 0.3) is 0 Å². The van der Waals surface area contributed by atoms with E-state index in [1.807, 2.05) is 0 Å². The van der Waals surface area contributed by atoms with Gasteiger partial charge in [0.25, 0.3) is 0 Å². The van der Waals surface area contributed by atoms with E-state index >= 15 is 0 Å². The summed E-state index contributed by atoms with van der Waals surface area (Å²) in [6.45, 7) is 1.72. The van der Waals surface area contributed by atoms with Crippen LogP contribution in [0.15, 0.2) is 17.2 Å². The molecule has 0 bridgehead atoms. The highest BCUT2D eigenvalue weighted by Gasteiger charge is 2.14. The maximum atomic E-state index is 10.6. The minimum absolute atomic E-state index is 0.490. The van der Waals surface area contributed by atoms with Crippen molar-refractivity contribution in [1.82, 2.24) is 5.43 Å². The minimum atomic E-state index is -0.730. The number of ether oxygens (including phenoxy) is 3. The van der Waals surface area contributed by atoms with E-state index < -0.39 is 6.03 Å². The molecular weight excluding hydrogens is 250 g/mol. The number of benzene rings is 1. The number of primary amides is 1. The van der Waals surface area contributed by atoms with Gasteiger partial charge in [-0.15, -0.1) is 0 Å². The summed E-state index contributed by atoms with van der Waals surface area (Å²) in [5.41, 5.74) is 8.38.